The van der Waals surface area contributed by atoms with E-state index in [0.29, 0.717) is 33.3 Å². The van der Waals surface area contributed by atoms with Crippen molar-refractivity contribution in [1.82, 2.24) is 35.0 Å². The van der Waals surface area contributed by atoms with Crippen molar-refractivity contribution in [2.24, 2.45) is 0 Å². The van der Waals surface area contributed by atoms with Crippen molar-refractivity contribution in [3.05, 3.63) is 71.4 Å². The van der Waals surface area contributed by atoms with Crippen LogP contribution in [-0.4, -0.2) is 81.2 Å². The van der Waals surface area contributed by atoms with E-state index in [1.807, 2.05) is 36.5 Å². The standard InChI is InChI=1S/C32H33FN10S.CH2O2/c1-3-26-30(41(2)32-40-29(27(14-34)44-32)20-4-7-23(33)8-5-20)43-19-21(6-9-28(43)39-26)22-15-36-31(37-16-22)42-12-10-24(11-13-42)38-25-17-35-18-25;2-1-3/h4-9,15-16,19,24-25,35,38H,3,10-13,17-18H2,1-2H3;1H,(H,2,3). The van der Waals surface area contributed by atoms with Crippen LogP contribution >= 0.6 is 11.3 Å². The molecule has 242 valence electrons. The second-order valence-corrected chi connectivity index (χ2v) is 12.4. The number of imidazole rings is 1. The van der Waals surface area contributed by atoms with Gasteiger partial charge in [0.15, 0.2) is 5.13 Å². The SMILES string of the molecule is CCc1nc2ccc(-c3cnc(N4CCC(NC5CNC5)CC4)nc3)cn2c1N(C)c1nc(-c2ccc(F)cc2)c(C#N)s1.O=CO. The maximum atomic E-state index is 13.5. The number of hydrogen-bond acceptors (Lipinski definition) is 11. The summed E-state index contributed by atoms with van der Waals surface area (Å²) in [6, 6.07) is 13.5. The number of aryl methyl sites for hydroxylation is 1. The predicted octanol–water partition coefficient (Wildman–Crippen LogP) is 4.49. The number of nitrogens with one attached hydrogen (secondary N) is 2. The number of rotatable bonds is 8. The third-order valence-electron chi connectivity index (χ3n) is 8.44. The number of fused-ring (bicyclic) bond motifs is 1. The average molecular weight is 655 g/mol. The first-order valence-corrected chi connectivity index (χ1v) is 16.3. The Morgan fingerprint density at radius 1 is 1.09 bits per heavy atom. The molecule has 5 aromatic rings. The Morgan fingerprint density at radius 3 is 2.38 bits per heavy atom. The number of pyridine rings is 1. The van der Waals surface area contributed by atoms with Gasteiger partial charge in [0.1, 0.15) is 33.9 Å². The van der Waals surface area contributed by atoms with Crippen molar-refractivity contribution in [3.8, 4) is 28.5 Å². The molecular formula is C33H35FN10O2S. The lowest BCUT2D eigenvalue weighted by atomic mass is 10.0. The maximum Gasteiger partial charge on any atom is 0.290 e. The molecule has 2 aliphatic heterocycles. The predicted molar refractivity (Wildman–Crippen MR) is 180 cm³/mol. The Balaban J connectivity index is 0.00000124. The van der Waals surface area contributed by atoms with Crippen molar-refractivity contribution in [1.29, 1.82) is 5.26 Å². The lowest BCUT2D eigenvalue weighted by Gasteiger charge is -2.37. The fraction of sp³-hybridized carbons (Fsp3) is 0.333. The van der Waals surface area contributed by atoms with E-state index < -0.39 is 0 Å². The quantitative estimate of drug-likeness (QED) is 0.203. The van der Waals surface area contributed by atoms with Crippen molar-refractivity contribution in [2.75, 3.05) is 43.0 Å². The molecule has 2 fully saturated rings. The molecule has 7 rings (SSSR count). The zero-order chi connectivity index (χ0) is 32.9. The summed E-state index contributed by atoms with van der Waals surface area (Å²) in [5, 5.41) is 24.5. The van der Waals surface area contributed by atoms with E-state index in [9.17, 15) is 9.65 Å². The van der Waals surface area contributed by atoms with Gasteiger partial charge in [-0.15, -0.1) is 0 Å². The molecule has 0 unspecified atom stereocenters. The third-order valence-corrected chi connectivity index (χ3v) is 9.48. The van der Waals surface area contributed by atoms with Gasteiger partial charge >= 0.3 is 0 Å². The Morgan fingerprint density at radius 2 is 1.77 bits per heavy atom. The minimum absolute atomic E-state index is 0.250. The first kappa shape index (κ1) is 32.0. The summed E-state index contributed by atoms with van der Waals surface area (Å²) < 4.78 is 15.6. The number of aromatic nitrogens is 5. The number of benzene rings is 1. The first-order chi connectivity index (χ1) is 22.9. The zero-order valence-corrected chi connectivity index (χ0v) is 26.9. The summed E-state index contributed by atoms with van der Waals surface area (Å²) in [6.45, 7) is 5.85. The van der Waals surface area contributed by atoms with E-state index in [0.717, 1.165) is 79.7 Å². The van der Waals surface area contributed by atoms with Gasteiger partial charge in [0.05, 0.1) is 5.69 Å². The normalized spacial score (nSPS) is 15.1. The summed E-state index contributed by atoms with van der Waals surface area (Å²) in [5.74, 6) is 1.31. The van der Waals surface area contributed by atoms with Gasteiger partial charge in [-0.25, -0.2) is 24.3 Å². The molecule has 6 heterocycles. The molecule has 0 spiro atoms. The van der Waals surface area contributed by atoms with Crippen molar-refractivity contribution < 1.29 is 14.3 Å². The van der Waals surface area contributed by atoms with Crippen LogP contribution in [-0.2, 0) is 11.2 Å². The largest absolute Gasteiger partial charge is 0.483 e. The molecule has 3 N–H and O–H groups in total. The van der Waals surface area contributed by atoms with Crippen molar-refractivity contribution >= 4 is 40.4 Å². The van der Waals surface area contributed by atoms with E-state index in [-0.39, 0.29) is 12.3 Å². The number of halogens is 1. The highest BCUT2D eigenvalue weighted by Crippen LogP contribution is 2.37. The number of nitriles is 1. The van der Waals surface area contributed by atoms with E-state index in [2.05, 4.69) is 39.1 Å². The monoisotopic (exact) mass is 654 g/mol. The highest BCUT2D eigenvalue weighted by atomic mass is 32.1. The number of anilines is 3. The van der Waals surface area contributed by atoms with Crippen LogP contribution in [0.25, 0.3) is 28.0 Å². The molecule has 12 nitrogen and oxygen atoms in total. The summed E-state index contributed by atoms with van der Waals surface area (Å²) in [6.07, 6.45) is 8.75. The van der Waals surface area contributed by atoms with Gasteiger partial charge in [0, 0.05) is 80.6 Å². The van der Waals surface area contributed by atoms with E-state index in [4.69, 9.17) is 29.8 Å². The van der Waals surface area contributed by atoms with Gasteiger partial charge in [-0.1, -0.05) is 18.3 Å². The van der Waals surface area contributed by atoms with Crippen LogP contribution in [0.3, 0.4) is 0 Å². The van der Waals surface area contributed by atoms with Crippen molar-refractivity contribution in [2.45, 2.75) is 38.3 Å². The first-order valence-electron chi connectivity index (χ1n) is 15.5. The molecule has 1 aromatic carbocycles. The molecule has 4 aromatic heterocycles. The van der Waals surface area contributed by atoms with Crippen LogP contribution in [0.4, 0.5) is 21.3 Å². The van der Waals surface area contributed by atoms with Crippen molar-refractivity contribution in [3.63, 3.8) is 0 Å². The number of hydrogen-bond donors (Lipinski definition) is 3. The molecule has 47 heavy (non-hydrogen) atoms. The van der Waals surface area contributed by atoms with Gasteiger partial charge in [0.2, 0.25) is 5.95 Å². The van der Waals surface area contributed by atoms with E-state index in [1.54, 1.807) is 12.1 Å². The highest BCUT2D eigenvalue weighted by molar-refractivity contribution is 7.16. The lowest BCUT2D eigenvalue weighted by molar-refractivity contribution is -0.122. The van der Waals surface area contributed by atoms with Gasteiger partial charge in [-0.3, -0.25) is 9.20 Å². The summed E-state index contributed by atoms with van der Waals surface area (Å²) in [5.41, 5.74) is 4.87. The van der Waals surface area contributed by atoms with Crippen LogP contribution in [0.15, 0.2) is 55.0 Å². The van der Waals surface area contributed by atoms with E-state index in [1.165, 1.54) is 23.5 Å². The maximum absolute atomic E-state index is 13.5. The van der Waals surface area contributed by atoms with Crippen LogP contribution in [0, 0.1) is 17.1 Å². The Hall–Kier alpha value is -4.97. The van der Waals surface area contributed by atoms with Crippen LogP contribution in [0.1, 0.15) is 30.3 Å². The minimum Gasteiger partial charge on any atom is -0.483 e. The van der Waals surface area contributed by atoms with Gasteiger partial charge in [0.25, 0.3) is 6.47 Å². The molecule has 0 atom stereocenters. The number of carbonyl (C=O) groups is 1. The number of thiazole rings is 1. The molecular weight excluding hydrogens is 619 g/mol. The number of nitrogens with zero attached hydrogens (tertiary/aromatic N) is 8. The molecule has 0 aliphatic carbocycles. The van der Waals surface area contributed by atoms with Gasteiger partial charge < -0.3 is 25.5 Å². The lowest BCUT2D eigenvalue weighted by Crippen LogP contribution is -2.59. The molecule has 2 aliphatic rings. The molecule has 2 saturated heterocycles. The third kappa shape index (κ3) is 6.78. The zero-order valence-electron chi connectivity index (χ0n) is 26.1. The molecule has 0 saturated carbocycles. The summed E-state index contributed by atoms with van der Waals surface area (Å²) in [4.78, 5) is 32.2. The topological polar surface area (TPSA) is 148 Å². The van der Waals surface area contributed by atoms with Crippen LogP contribution in [0.2, 0.25) is 0 Å². The Labute approximate surface area is 275 Å². The Kier molecular flexibility index (Phi) is 9.67. The molecule has 0 bridgehead atoms. The van der Waals surface area contributed by atoms with E-state index >= 15 is 0 Å². The second-order valence-electron chi connectivity index (χ2n) is 11.4. The Bertz CT molecular complexity index is 1870. The van der Waals surface area contributed by atoms with Gasteiger partial charge in [-0.2, -0.15) is 5.26 Å². The fourth-order valence-electron chi connectivity index (χ4n) is 5.89. The number of piperidine rings is 1. The minimum atomic E-state index is -0.330. The fourth-order valence-corrected chi connectivity index (χ4v) is 6.73. The smallest absolute Gasteiger partial charge is 0.290 e. The van der Waals surface area contributed by atoms with Crippen LogP contribution in [0.5, 0.6) is 0 Å². The highest BCUT2D eigenvalue weighted by Gasteiger charge is 2.26. The molecule has 14 heteroatoms. The van der Waals surface area contributed by atoms with Gasteiger partial charge in [-0.05, 0) is 55.7 Å². The summed E-state index contributed by atoms with van der Waals surface area (Å²) in [7, 11) is 1.93. The second kappa shape index (κ2) is 14.2. The molecule has 0 amide bonds. The number of carboxylic acid groups (broad SMARTS) is 1. The average Bonchev–Trinajstić information content (AvgIpc) is 3.69. The molecule has 0 radical (unpaired) electrons. The van der Waals surface area contributed by atoms with Crippen LogP contribution < -0.4 is 20.4 Å². The summed E-state index contributed by atoms with van der Waals surface area (Å²) >= 11 is 1.30.